The summed E-state index contributed by atoms with van der Waals surface area (Å²) in [6, 6.07) is 17.0. The van der Waals surface area contributed by atoms with Crippen molar-refractivity contribution in [2.24, 2.45) is 0 Å². The molecule has 3 heteroatoms. The summed E-state index contributed by atoms with van der Waals surface area (Å²) in [4.78, 5) is 0. The molecule has 0 fully saturated rings. The SMILES string of the molecule is CC(NCc1ccno1)c1cccc2ccccc12. The molecule has 3 rings (SSSR count). The number of aromatic nitrogens is 1. The molecule has 3 aromatic rings. The van der Waals surface area contributed by atoms with Gasteiger partial charge in [0, 0.05) is 12.1 Å². The number of hydrogen-bond acceptors (Lipinski definition) is 3. The van der Waals surface area contributed by atoms with Gasteiger partial charge in [0.2, 0.25) is 0 Å². The van der Waals surface area contributed by atoms with Crippen LogP contribution in [-0.4, -0.2) is 5.16 Å². The Kier molecular flexibility index (Phi) is 3.29. The predicted octanol–water partition coefficient (Wildman–Crippen LogP) is 3.68. The Labute approximate surface area is 112 Å². The van der Waals surface area contributed by atoms with Gasteiger partial charge in [-0.25, -0.2) is 0 Å². The molecule has 0 aliphatic carbocycles. The monoisotopic (exact) mass is 252 g/mol. The molecule has 0 saturated carbocycles. The maximum atomic E-state index is 5.09. The molecule has 2 aromatic carbocycles. The summed E-state index contributed by atoms with van der Waals surface area (Å²) in [5, 5.41) is 9.73. The van der Waals surface area contributed by atoms with E-state index in [2.05, 4.69) is 59.9 Å². The summed E-state index contributed by atoms with van der Waals surface area (Å²) in [5.41, 5.74) is 1.30. The predicted molar refractivity (Wildman–Crippen MR) is 75.7 cm³/mol. The molecule has 1 heterocycles. The van der Waals surface area contributed by atoms with Crippen molar-refractivity contribution in [2.45, 2.75) is 19.5 Å². The Balaban J connectivity index is 1.83. The molecule has 0 amide bonds. The molecule has 0 saturated heterocycles. The Hall–Kier alpha value is -2.13. The highest BCUT2D eigenvalue weighted by Gasteiger charge is 2.09. The van der Waals surface area contributed by atoms with E-state index in [0.717, 1.165) is 5.76 Å². The van der Waals surface area contributed by atoms with E-state index < -0.39 is 0 Å². The molecule has 1 atom stereocenters. The number of nitrogens with zero attached hydrogens (tertiary/aromatic N) is 1. The fraction of sp³-hybridized carbons (Fsp3) is 0.188. The van der Waals surface area contributed by atoms with Crippen LogP contribution in [-0.2, 0) is 6.54 Å². The minimum Gasteiger partial charge on any atom is -0.360 e. The van der Waals surface area contributed by atoms with Gasteiger partial charge < -0.3 is 9.84 Å². The highest BCUT2D eigenvalue weighted by molar-refractivity contribution is 5.86. The summed E-state index contributed by atoms with van der Waals surface area (Å²) in [7, 11) is 0. The Morgan fingerprint density at radius 2 is 1.95 bits per heavy atom. The minimum atomic E-state index is 0.260. The van der Waals surface area contributed by atoms with Crippen molar-refractivity contribution in [2.75, 3.05) is 0 Å². The molecular formula is C16H16N2O. The first-order valence-electron chi connectivity index (χ1n) is 6.45. The first-order valence-corrected chi connectivity index (χ1v) is 6.45. The topological polar surface area (TPSA) is 38.1 Å². The van der Waals surface area contributed by atoms with E-state index >= 15 is 0 Å². The summed E-state index contributed by atoms with van der Waals surface area (Å²) < 4.78 is 5.09. The van der Waals surface area contributed by atoms with Gasteiger partial charge in [0.15, 0.2) is 0 Å². The van der Waals surface area contributed by atoms with Gasteiger partial charge >= 0.3 is 0 Å². The van der Waals surface area contributed by atoms with Crippen LogP contribution in [0, 0.1) is 0 Å². The average molecular weight is 252 g/mol. The lowest BCUT2D eigenvalue weighted by Gasteiger charge is -2.15. The van der Waals surface area contributed by atoms with Crippen LogP contribution in [0.15, 0.2) is 59.3 Å². The van der Waals surface area contributed by atoms with Gasteiger partial charge in [0.05, 0.1) is 12.7 Å². The first-order chi connectivity index (χ1) is 9.34. The molecule has 0 bridgehead atoms. The molecule has 1 N–H and O–H groups in total. The van der Waals surface area contributed by atoms with E-state index in [1.54, 1.807) is 6.20 Å². The number of fused-ring (bicyclic) bond motifs is 1. The highest BCUT2D eigenvalue weighted by atomic mass is 16.5. The van der Waals surface area contributed by atoms with Gasteiger partial charge in [-0.05, 0) is 23.3 Å². The Morgan fingerprint density at radius 1 is 1.11 bits per heavy atom. The highest BCUT2D eigenvalue weighted by Crippen LogP contribution is 2.24. The second-order valence-electron chi connectivity index (χ2n) is 4.65. The summed E-state index contributed by atoms with van der Waals surface area (Å²) >= 11 is 0. The van der Waals surface area contributed by atoms with Crippen molar-refractivity contribution in [3.8, 4) is 0 Å². The standard InChI is InChI=1S/C16H16N2O/c1-12(17-11-14-9-10-18-19-14)15-8-4-6-13-5-2-3-7-16(13)15/h2-10,12,17H,11H2,1H3. The third-order valence-electron chi connectivity index (χ3n) is 3.36. The molecule has 1 aromatic heterocycles. The van der Waals surface area contributed by atoms with Crippen LogP contribution in [0.5, 0.6) is 0 Å². The van der Waals surface area contributed by atoms with Crippen molar-refractivity contribution in [1.82, 2.24) is 10.5 Å². The van der Waals surface area contributed by atoms with Crippen LogP contribution in [0.3, 0.4) is 0 Å². The van der Waals surface area contributed by atoms with Crippen LogP contribution in [0.25, 0.3) is 10.8 Å². The zero-order valence-electron chi connectivity index (χ0n) is 10.8. The second kappa shape index (κ2) is 5.24. The van der Waals surface area contributed by atoms with Crippen molar-refractivity contribution in [3.05, 3.63) is 66.1 Å². The minimum absolute atomic E-state index is 0.260. The Bertz CT molecular complexity index is 656. The number of nitrogens with one attached hydrogen (secondary N) is 1. The van der Waals surface area contributed by atoms with Crippen molar-refractivity contribution < 1.29 is 4.52 Å². The van der Waals surface area contributed by atoms with Crippen molar-refractivity contribution in [3.63, 3.8) is 0 Å². The van der Waals surface area contributed by atoms with Crippen LogP contribution < -0.4 is 5.32 Å². The second-order valence-corrected chi connectivity index (χ2v) is 4.65. The van der Waals surface area contributed by atoms with Crippen LogP contribution in [0.1, 0.15) is 24.3 Å². The summed E-state index contributed by atoms with van der Waals surface area (Å²) in [5.74, 6) is 0.854. The quantitative estimate of drug-likeness (QED) is 0.769. The smallest absolute Gasteiger partial charge is 0.150 e. The van der Waals surface area contributed by atoms with Gasteiger partial charge in [-0.1, -0.05) is 47.6 Å². The zero-order chi connectivity index (χ0) is 13.1. The molecule has 96 valence electrons. The van der Waals surface area contributed by atoms with Crippen molar-refractivity contribution in [1.29, 1.82) is 0 Å². The maximum Gasteiger partial charge on any atom is 0.150 e. The van der Waals surface area contributed by atoms with Gasteiger partial charge in [-0.15, -0.1) is 0 Å². The molecule has 3 nitrogen and oxygen atoms in total. The first kappa shape index (κ1) is 11.9. The Morgan fingerprint density at radius 3 is 2.79 bits per heavy atom. The van der Waals surface area contributed by atoms with Crippen LogP contribution in [0.2, 0.25) is 0 Å². The van der Waals surface area contributed by atoms with Crippen molar-refractivity contribution >= 4 is 10.8 Å². The normalized spacial score (nSPS) is 12.7. The molecule has 0 spiro atoms. The summed E-state index contributed by atoms with van der Waals surface area (Å²) in [6.07, 6.45) is 1.67. The number of benzene rings is 2. The van der Waals surface area contributed by atoms with Crippen LogP contribution in [0.4, 0.5) is 0 Å². The molecule has 0 radical (unpaired) electrons. The number of hydrogen-bond donors (Lipinski definition) is 1. The summed E-state index contributed by atoms with van der Waals surface area (Å²) in [6.45, 7) is 2.85. The van der Waals surface area contributed by atoms with E-state index in [4.69, 9.17) is 4.52 Å². The van der Waals surface area contributed by atoms with E-state index in [-0.39, 0.29) is 6.04 Å². The fourth-order valence-electron chi connectivity index (χ4n) is 2.33. The molecule has 1 unspecified atom stereocenters. The fourth-order valence-corrected chi connectivity index (χ4v) is 2.33. The lowest BCUT2D eigenvalue weighted by Crippen LogP contribution is -2.18. The molecule has 0 aliphatic rings. The van der Waals surface area contributed by atoms with Gasteiger partial charge in [0.25, 0.3) is 0 Å². The van der Waals surface area contributed by atoms with Gasteiger partial charge in [0.1, 0.15) is 5.76 Å². The van der Waals surface area contributed by atoms with Gasteiger partial charge in [-0.3, -0.25) is 0 Å². The molecular weight excluding hydrogens is 236 g/mol. The van der Waals surface area contributed by atoms with Crippen LogP contribution >= 0.6 is 0 Å². The average Bonchev–Trinajstić information content (AvgIpc) is 2.97. The van der Waals surface area contributed by atoms with E-state index in [9.17, 15) is 0 Å². The lowest BCUT2D eigenvalue weighted by atomic mass is 10.00. The maximum absolute atomic E-state index is 5.09. The van der Waals surface area contributed by atoms with E-state index in [1.165, 1.54) is 16.3 Å². The molecule has 19 heavy (non-hydrogen) atoms. The lowest BCUT2D eigenvalue weighted by molar-refractivity contribution is 0.366. The zero-order valence-corrected chi connectivity index (χ0v) is 10.8. The molecule has 0 aliphatic heterocycles. The van der Waals surface area contributed by atoms with E-state index in [1.807, 2.05) is 6.07 Å². The van der Waals surface area contributed by atoms with E-state index in [0.29, 0.717) is 6.54 Å². The van der Waals surface area contributed by atoms with Gasteiger partial charge in [-0.2, -0.15) is 0 Å². The number of rotatable bonds is 4. The largest absolute Gasteiger partial charge is 0.360 e. The third kappa shape index (κ3) is 2.51. The third-order valence-corrected chi connectivity index (χ3v) is 3.36.